The largest absolute Gasteiger partial charge is 0.471 e. The van der Waals surface area contributed by atoms with Crippen molar-refractivity contribution in [2.45, 2.75) is 42.9 Å². The number of benzene rings is 2. The highest BCUT2D eigenvalue weighted by atomic mass is 19.4. The van der Waals surface area contributed by atoms with Gasteiger partial charge in [-0.05, 0) is 24.0 Å². The fourth-order valence-corrected chi connectivity index (χ4v) is 4.56. The van der Waals surface area contributed by atoms with Gasteiger partial charge in [0.05, 0.1) is 18.2 Å². The summed E-state index contributed by atoms with van der Waals surface area (Å²) in [7, 11) is 0. The molecule has 0 radical (unpaired) electrons. The number of amides is 1. The van der Waals surface area contributed by atoms with Crippen molar-refractivity contribution in [1.29, 1.82) is 0 Å². The number of aliphatic hydroxyl groups is 1. The molecule has 28 heavy (non-hydrogen) atoms. The van der Waals surface area contributed by atoms with E-state index in [4.69, 9.17) is 4.74 Å². The predicted molar refractivity (Wildman–Crippen MR) is 95.3 cm³/mol. The zero-order chi connectivity index (χ0) is 19.9. The fraction of sp³-hybridized carbons (Fsp3) is 0.381. The van der Waals surface area contributed by atoms with E-state index in [1.54, 1.807) is 60.7 Å². The molecule has 0 unspecified atom stereocenters. The molecule has 0 saturated carbocycles. The maximum Gasteiger partial charge on any atom is 0.471 e. The van der Waals surface area contributed by atoms with Crippen molar-refractivity contribution in [3.05, 3.63) is 71.8 Å². The second-order valence-electron chi connectivity index (χ2n) is 7.31. The van der Waals surface area contributed by atoms with Gasteiger partial charge in [0.15, 0.2) is 0 Å². The number of halogens is 3. The third-order valence-corrected chi connectivity index (χ3v) is 5.74. The van der Waals surface area contributed by atoms with Crippen molar-refractivity contribution < 1.29 is 27.8 Å². The van der Waals surface area contributed by atoms with E-state index in [0.717, 1.165) is 0 Å². The fourth-order valence-electron chi connectivity index (χ4n) is 4.56. The number of hydrogen-bond acceptors (Lipinski definition) is 3. The lowest BCUT2D eigenvalue weighted by atomic mass is 9.67. The van der Waals surface area contributed by atoms with Crippen molar-refractivity contribution >= 4 is 5.91 Å². The molecule has 2 aromatic carbocycles. The summed E-state index contributed by atoms with van der Waals surface area (Å²) in [5, 5.41) is 14.0. The molecular formula is C21H20F3NO3. The van der Waals surface area contributed by atoms with Crippen molar-refractivity contribution in [2.75, 3.05) is 0 Å². The molecule has 0 aliphatic carbocycles. The van der Waals surface area contributed by atoms with Crippen LogP contribution in [-0.4, -0.2) is 35.4 Å². The standard InChI is InChI=1S/C21H20F3NO3/c22-21(23,24)19(26)25-18-16-12-11-15(28-16)17(18)20(27,13-7-3-1-4-8-13)14-9-5-2-6-10-14/h1-10,15-18,27H,11-12H2,(H,25,26)/t15-,16+,17-,18+/m0/s1. The summed E-state index contributed by atoms with van der Waals surface area (Å²) in [4.78, 5) is 11.7. The van der Waals surface area contributed by atoms with Crippen molar-refractivity contribution in [1.82, 2.24) is 5.32 Å². The summed E-state index contributed by atoms with van der Waals surface area (Å²) in [6.07, 6.45) is -4.84. The molecule has 2 aliphatic rings. The van der Waals surface area contributed by atoms with Gasteiger partial charge in [-0.1, -0.05) is 60.7 Å². The minimum Gasteiger partial charge on any atom is -0.380 e. The summed E-state index contributed by atoms with van der Waals surface area (Å²) in [5.41, 5.74) is -0.506. The first-order valence-electron chi connectivity index (χ1n) is 9.18. The number of ether oxygens (including phenoxy) is 1. The van der Waals surface area contributed by atoms with E-state index in [2.05, 4.69) is 5.32 Å². The van der Waals surface area contributed by atoms with Gasteiger partial charge >= 0.3 is 12.1 Å². The second-order valence-corrected chi connectivity index (χ2v) is 7.31. The normalized spacial score (nSPS) is 27.0. The smallest absolute Gasteiger partial charge is 0.380 e. The Morgan fingerprint density at radius 2 is 1.43 bits per heavy atom. The quantitative estimate of drug-likeness (QED) is 0.842. The highest BCUT2D eigenvalue weighted by molar-refractivity contribution is 5.82. The molecule has 0 aromatic heterocycles. The summed E-state index contributed by atoms with van der Waals surface area (Å²) in [6, 6.07) is 16.7. The highest BCUT2D eigenvalue weighted by Gasteiger charge is 2.60. The molecule has 4 nitrogen and oxygen atoms in total. The number of rotatable bonds is 4. The molecule has 2 heterocycles. The average molecular weight is 391 g/mol. The molecule has 2 aromatic rings. The average Bonchev–Trinajstić information content (AvgIpc) is 3.30. The second kappa shape index (κ2) is 6.90. The Bertz CT molecular complexity index is 801. The van der Waals surface area contributed by atoms with Crippen molar-refractivity contribution in [2.24, 2.45) is 5.92 Å². The summed E-state index contributed by atoms with van der Waals surface area (Å²) in [5.74, 6) is -2.76. The van der Waals surface area contributed by atoms with E-state index in [1.165, 1.54) is 0 Å². The molecule has 7 heteroatoms. The molecule has 0 spiro atoms. The topological polar surface area (TPSA) is 58.6 Å². The van der Waals surface area contributed by atoms with Gasteiger partial charge in [-0.25, -0.2) is 0 Å². The van der Waals surface area contributed by atoms with Gasteiger partial charge in [-0.3, -0.25) is 4.79 Å². The summed E-state index contributed by atoms with van der Waals surface area (Å²) >= 11 is 0. The number of nitrogens with one attached hydrogen (secondary N) is 1. The zero-order valence-electron chi connectivity index (χ0n) is 14.9. The highest BCUT2D eigenvalue weighted by Crippen LogP contribution is 2.50. The third kappa shape index (κ3) is 3.08. The van der Waals surface area contributed by atoms with E-state index in [0.29, 0.717) is 24.0 Å². The minimum absolute atomic E-state index is 0.450. The predicted octanol–water partition coefficient (Wildman–Crippen LogP) is 3.15. The van der Waals surface area contributed by atoms with Crippen molar-refractivity contribution in [3.8, 4) is 0 Å². The van der Waals surface area contributed by atoms with Gasteiger partial charge in [0.2, 0.25) is 0 Å². The van der Waals surface area contributed by atoms with E-state index >= 15 is 0 Å². The lowest BCUT2D eigenvalue weighted by Crippen LogP contribution is -2.57. The molecule has 4 rings (SSSR count). The summed E-state index contributed by atoms with van der Waals surface area (Å²) < 4.78 is 44.6. The molecule has 2 bridgehead atoms. The molecule has 1 amide bonds. The van der Waals surface area contributed by atoms with Gasteiger partial charge in [0.1, 0.15) is 5.60 Å². The Morgan fingerprint density at radius 3 is 1.93 bits per heavy atom. The number of carbonyl (C=O) groups excluding carboxylic acids is 1. The van der Waals surface area contributed by atoms with Crippen LogP contribution in [0.25, 0.3) is 0 Å². The SMILES string of the molecule is O=C(N[C@H]1[C@@H](C(O)(c2ccccc2)c2ccccc2)[C@@H]2CC[C@H]1O2)C(F)(F)F. The minimum atomic E-state index is -5.00. The van der Waals surface area contributed by atoms with Crippen LogP contribution in [0.4, 0.5) is 13.2 Å². The van der Waals surface area contributed by atoms with Crippen LogP contribution in [0.2, 0.25) is 0 Å². The maximum absolute atomic E-state index is 12.9. The Labute approximate surface area is 160 Å². The zero-order valence-corrected chi connectivity index (χ0v) is 14.9. The van der Waals surface area contributed by atoms with Crippen LogP contribution < -0.4 is 5.32 Å². The van der Waals surface area contributed by atoms with Crippen LogP contribution in [-0.2, 0) is 15.1 Å². The lowest BCUT2D eigenvalue weighted by molar-refractivity contribution is -0.175. The molecule has 148 valence electrons. The number of fused-ring (bicyclic) bond motifs is 2. The van der Waals surface area contributed by atoms with E-state index in [9.17, 15) is 23.1 Å². The van der Waals surface area contributed by atoms with Crippen LogP contribution in [0.5, 0.6) is 0 Å². The molecular weight excluding hydrogens is 371 g/mol. The molecule has 2 fully saturated rings. The van der Waals surface area contributed by atoms with Gasteiger partial charge < -0.3 is 15.2 Å². The summed E-state index contributed by atoms with van der Waals surface area (Å²) in [6.45, 7) is 0. The molecule has 2 aliphatic heterocycles. The van der Waals surface area contributed by atoms with E-state index in [-0.39, 0.29) is 0 Å². The number of hydrogen-bond donors (Lipinski definition) is 2. The van der Waals surface area contributed by atoms with Crippen LogP contribution >= 0.6 is 0 Å². The monoisotopic (exact) mass is 391 g/mol. The third-order valence-electron chi connectivity index (χ3n) is 5.74. The van der Waals surface area contributed by atoms with Crippen LogP contribution in [0.3, 0.4) is 0 Å². The van der Waals surface area contributed by atoms with Gasteiger partial charge in [0.25, 0.3) is 0 Å². The van der Waals surface area contributed by atoms with Crippen LogP contribution in [0.15, 0.2) is 60.7 Å². The number of alkyl halides is 3. The first kappa shape index (κ1) is 19.0. The Balaban J connectivity index is 1.80. The van der Waals surface area contributed by atoms with Crippen LogP contribution in [0.1, 0.15) is 24.0 Å². The van der Waals surface area contributed by atoms with Crippen molar-refractivity contribution in [3.63, 3.8) is 0 Å². The lowest BCUT2D eigenvalue weighted by Gasteiger charge is -2.42. The Morgan fingerprint density at radius 1 is 0.929 bits per heavy atom. The van der Waals surface area contributed by atoms with E-state index in [1.807, 2.05) is 0 Å². The van der Waals surface area contributed by atoms with E-state index < -0.39 is 41.9 Å². The maximum atomic E-state index is 12.9. The number of carbonyl (C=O) groups is 1. The molecule has 2 saturated heterocycles. The molecule has 4 atom stereocenters. The molecule has 2 N–H and O–H groups in total. The van der Waals surface area contributed by atoms with Gasteiger partial charge in [-0.2, -0.15) is 13.2 Å². The Kier molecular flexibility index (Phi) is 4.67. The Hall–Kier alpha value is -2.38. The van der Waals surface area contributed by atoms with Crippen LogP contribution in [0, 0.1) is 5.92 Å². The first-order chi connectivity index (χ1) is 13.3. The van der Waals surface area contributed by atoms with Gasteiger partial charge in [0, 0.05) is 5.92 Å². The first-order valence-corrected chi connectivity index (χ1v) is 9.18. The van der Waals surface area contributed by atoms with Gasteiger partial charge in [-0.15, -0.1) is 0 Å².